The highest BCUT2D eigenvalue weighted by atomic mass is 35.5. The number of halogens is 1. The average Bonchev–Trinajstić information content (AvgIpc) is 2.76. The Bertz CT molecular complexity index is 356. The molecule has 1 fully saturated rings. The molecule has 2 atom stereocenters. The zero-order valence-electron chi connectivity index (χ0n) is 10.4. The van der Waals surface area contributed by atoms with Crippen molar-refractivity contribution in [3.63, 3.8) is 0 Å². The Morgan fingerprint density at radius 1 is 1.28 bits per heavy atom. The highest BCUT2D eigenvalue weighted by molar-refractivity contribution is 5.85. The quantitative estimate of drug-likeness (QED) is 0.705. The van der Waals surface area contributed by atoms with Crippen molar-refractivity contribution in [3.05, 3.63) is 42.0 Å². The number of benzene rings is 1. The van der Waals surface area contributed by atoms with E-state index in [0.717, 1.165) is 26.2 Å². The molecular weight excluding hydrogens is 248 g/mol. The number of β-amino-alcohol motifs (C(OH)–C–C–N with tert-alkyl or cyclic N) is 1. The van der Waals surface area contributed by atoms with Gasteiger partial charge in [-0.05, 0) is 5.56 Å². The molecule has 2 rings (SSSR count). The van der Waals surface area contributed by atoms with E-state index in [1.807, 2.05) is 18.2 Å². The lowest BCUT2D eigenvalue weighted by Crippen LogP contribution is -2.30. The molecule has 0 spiro atoms. The van der Waals surface area contributed by atoms with Crippen LogP contribution in [0.3, 0.4) is 0 Å². The summed E-state index contributed by atoms with van der Waals surface area (Å²) in [6.07, 6.45) is 4.03. The van der Waals surface area contributed by atoms with Crippen LogP contribution in [0.2, 0.25) is 0 Å². The maximum atomic E-state index is 9.60. The van der Waals surface area contributed by atoms with Gasteiger partial charge in [0, 0.05) is 32.1 Å². The second-order valence-electron chi connectivity index (χ2n) is 4.46. The molecular formula is C14H21ClN2O. The lowest BCUT2D eigenvalue weighted by molar-refractivity contribution is 0.147. The second kappa shape index (κ2) is 8.27. The minimum absolute atomic E-state index is 0. The van der Waals surface area contributed by atoms with Crippen molar-refractivity contribution in [1.82, 2.24) is 10.6 Å². The van der Waals surface area contributed by atoms with Crippen LogP contribution in [0.5, 0.6) is 0 Å². The van der Waals surface area contributed by atoms with Gasteiger partial charge < -0.3 is 15.7 Å². The first-order chi connectivity index (χ1) is 8.36. The van der Waals surface area contributed by atoms with E-state index in [4.69, 9.17) is 0 Å². The Kier molecular flexibility index (Phi) is 6.98. The normalized spacial score (nSPS) is 23.2. The van der Waals surface area contributed by atoms with E-state index in [1.54, 1.807) is 0 Å². The fraction of sp³-hybridized carbons (Fsp3) is 0.429. The Morgan fingerprint density at radius 2 is 2.06 bits per heavy atom. The Balaban J connectivity index is 0.00000162. The van der Waals surface area contributed by atoms with E-state index >= 15 is 0 Å². The summed E-state index contributed by atoms with van der Waals surface area (Å²) in [4.78, 5) is 0. The van der Waals surface area contributed by atoms with Gasteiger partial charge in [0.1, 0.15) is 0 Å². The zero-order valence-corrected chi connectivity index (χ0v) is 11.2. The van der Waals surface area contributed by atoms with Crippen LogP contribution >= 0.6 is 12.4 Å². The average molecular weight is 269 g/mol. The Labute approximate surface area is 115 Å². The third-order valence-electron chi connectivity index (χ3n) is 3.08. The van der Waals surface area contributed by atoms with Crippen molar-refractivity contribution in [1.29, 1.82) is 0 Å². The summed E-state index contributed by atoms with van der Waals surface area (Å²) in [6.45, 7) is 3.36. The van der Waals surface area contributed by atoms with Crippen LogP contribution in [0.15, 0.2) is 36.4 Å². The van der Waals surface area contributed by atoms with Gasteiger partial charge in [-0.2, -0.15) is 0 Å². The number of rotatable bonds is 5. The fourth-order valence-electron chi connectivity index (χ4n) is 2.04. The van der Waals surface area contributed by atoms with Gasteiger partial charge in [0.15, 0.2) is 0 Å². The van der Waals surface area contributed by atoms with Crippen molar-refractivity contribution in [2.24, 2.45) is 5.92 Å². The summed E-state index contributed by atoms with van der Waals surface area (Å²) in [5.74, 6) is 0.347. The molecule has 0 saturated carbocycles. The molecule has 1 aliphatic heterocycles. The van der Waals surface area contributed by atoms with Crippen molar-refractivity contribution >= 4 is 18.5 Å². The summed E-state index contributed by atoms with van der Waals surface area (Å²) < 4.78 is 0. The van der Waals surface area contributed by atoms with Crippen LogP contribution in [-0.2, 0) is 0 Å². The molecule has 1 aromatic rings. The standard InChI is InChI=1S/C14H20N2O.ClH/c17-14-11-16-10-13(14)9-15-8-4-7-12-5-2-1-3-6-12;/h1-7,13-17H,8-11H2;1H/b7-4+;. The molecule has 3 N–H and O–H groups in total. The Hall–Kier alpha value is -0.870. The molecule has 1 saturated heterocycles. The molecule has 0 bridgehead atoms. The lowest BCUT2D eigenvalue weighted by Gasteiger charge is -2.12. The maximum Gasteiger partial charge on any atom is 0.0716 e. The van der Waals surface area contributed by atoms with Crippen molar-refractivity contribution in [2.75, 3.05) is 26.2 Å². The van der Waals surface area contributed by atoms with Gasteiger partial charge >= 0.3 is 0 Å². The molecule has 0 amide bonds. The molecule has 0 radical (unpaired) electrons. The van der Waals surface area contributed by atoms with E-state index in [1.165, 1.54) is 5.56 Å². The van der Waals surface area contributed by atoms with Crippen LogP contribution in [-0.4, -0.2) is 37.4 Å². The van der Waals surface area contributed by atoms with Crippen molar-refractivity contribution in [2.45, 2.75) is 6.10 Å². The molecule has 0 aliphatic carbocycles. The van der Waals surface area contributed by atoms with Crippen LogP contribution in [0.4, 0.5) is 0 Å². The molecule has 2 unspecified atom stereocenters. The first-order valence-corrected chi connectivity index (χ1v) is 6.17. The Morgan fingerprint density at radius 3 is 2.72 bits per heavy atom. The van der Waals surface area contributed by atoms with Gasteiger partial charge in [-0.15, -0.1) is 12.4 Å². The molecule has 1 heterocycles. The fourth-order valence-corrected chi connectivity index (χ4v) is 2.04. The summed E-state index contributed by atoms with van der Waals surface area (Å²) >= 11 is 0. The predicted molar refractivity (Wildman–Crippen MR) is 78.0 cm³/mol. The zero-order chi connectivity index (χ0) is 11.9. The van der Waals surface area contributed by atoms with E-state index in [2.05, 4.69) is 34.9 Å². The smallest absolute Gasteiger partial charge is 0.0716 e. The lowest BCUT2D eigenvalue weighted by atomic mass is 10.1. The highest BCUT2D eigenvalue weighted by Gasteiger charge is 2.23. The predicted octanol–water partition coefficient (Wildman–Crippen LogP) is 1.29. The summed E-state index contributed by atoms with van der Waals surface area (Å²) in [6, 6.07) is 10.3. The summed E-state index contributed by atoms with van der Waals surface area (Å²) in [5, 5.41) is 16.1. The molecule has 0 aromatic heterocycles. The van der Waals surface area contributed by atoms with Gasteiger partial charge in [-0.25, -0.2) is 0 Å². The number of nitrogens with one attached hydrogen (secondary N) is 2. The maximum absolute atomic E-state index is 9.60. The van der Waals surface area contributed by atoms with Gasteiger partial charge in [-0.1, -0.05) is 42.5 Å². The van der Waals surface area contributed by atoms with Gasteiger partial charge in [0.25, 0.3) is 0 Å². The highest BCUT2D eigenvalue weighted by Crippen LogP contribution is 2.06. The minimum Gasteiger partial charge on any atom is -0.391 e. The minimum atomic E-state index is -0.194. The van der Waals surface area contributed by atoms with Crippen LogP contribution in [0.1, 0.15) is 5.56 Å². The third-order valence-corrected chi connectivity index (χ3v) is 3.08. The van der Waals surface area contributed by atoms with Crippen LogP contribution in [0.25, 0.3) is 6.08 Å². The number of aliphatic hydroxyl groups is 1. The molecule has 100 valence electrons. The number of hydrogen-bond donors (Lipinski definition) is 3. The van der Waals surface area contributed by atoms with Gasteiger partial charge in [0.2, 0.25) is 0 Å². The monoisotopic (exact) mass is 268 g/mol. The summed E-state index contributed by atoms with van der Waals surface area (Å²) in [5.41, 5.74) is 1.22. The third kappa shape index (κ3) is 4.78. The molecule has 1 aliphatic rings. The van der Waals surface area contributed by atoms with E-state index in [0.29, 0.717) is 5.92 Å². The first kappa shape index (κ1) is 15.2. The number of hydrogen-bond acceptors (Lipinski definition) is 3. The van der Waals surface area contributed by atoms with E-state index in [-0.39, 0.29) is 18.5 Å². The molecule has 4 heteroatoms. The van der Waals surface area contributed by atoms with Crippen LogP contribution < -0.4 is 10.6 Å². The van der Waals surface area contributed by atoms with E-state index < -0.39 is 0 Å². The van der Waals surface area contributed by atoms with Gasteiger partial charge in [-0.3, -0.25) is 0 Å². The van der Waals surface area contributed by atoms with E-state index in [9.17, 15) is 5.11 Å². The van der Waals surface area contributed by atoms with Crippen molar-refractivity contribution < 1.29 is 5.11 Å². The molecule has 3 nitrogen and oxygen atoms in total. The molecule has 1 aromatic carbocycles. The number of aliphatic hydroxyl groups excluding tert-OH is 1. The summed E-state index contributed by atoms with van der Waals surface area (Å²) in [7, 11) is 0. The SMILES string of the molecule is Cl.OC1CNCC1CNC/C=C/c1ccccc1. The topological polar surface area (TPSA) is 44.3 Å². The largest absolute Gasteiger partial charge is 0.391 e. The van der Waals surface area contributed by atoms with Gasteiger partial charge in [0.05, 0.1) is 6.10 Å². The van der Waals surface area contributed by atoms with Crippen LogP contribution in [0, 0.1) is 5.92 Å². The molecule has 18 heavy (non-hydrogen) atoms. The first-order valence-electron chi connectivity index (χ1n) is 6.17. The second-order valence-corrected chi connectivity index (χ2v) is 4.46. The van der Waals surface area contributed by atoms with Crippen molar-refractivity contribution in [3.8, 4) is 0 Å².